The van der Waals surface area contributed by atoms with Crippen LogP contribution in [-0.4, -0.2) is 19.9 Å². The lowest BCUT2D eigenvalue weighted by Gasteiger charge is -2.07. The molecule has 0 fully saturated rings. The second-order valence-corrected chi connectivity index (χ2v) is 6.81. The van der Waals surface area contributed by atoms with Crippen LogP contribution in [0.15, 0.2) is 29.3 Å². The minimum Gasteiger partial charge on any atom is -0.340 e. The van der Waals surface area contributed by atoms with Crippen LogP contribution in [0.4, 0.5) is 11.5 Å². The Hall–Kier alpha value is -2.67. The summed E-state index contributed by atoms with van der Waals surface area (Å²) in [5.74, 6) is 0.839. The Bertz CT molecular complexity index is 1110. The maximum atomic E-state index is 11.4. The monoisotopic (exact) mass is 323 g/mol. The normalized spacial score (nSPS) is 13.7. The summed E-state index contributed by atoms with van der Waals surface area (Å²) >= 11 is 1.77. The summed E-state index contributed by atoms with van der Waals surface area (Å²) in [5, 5.41) is 4.53. The zero-order chi connectivity index (χ0) is 15.4. The van der Waals surface area contributed by atoms with E-state index in [1.807, 2.05) is 18.2 Å². The minimum atomic E-state index is -0.197. The third-order valence-electron chi connectivity index (χ3n) is 4.28. The molecule has 0 unspecified atom stereocenters. The molecule has 0 bridgehead atoms. The number of hydrogen-bond donors (Lipinski definition) is 3. The summed E-state index contributed by atoms with van der Waals surface area (Å²) in [6.45, 7) is 0. The molecule has 6 nitrogen and oxygen atoms in total. The van der Waals surface area contributed by atoms with Gasteiger partial charge in [-0.25, -0.2) is 14.8 Å². The Morgan fingerprint density at radius 2 is 2.04 bits per heavy atom. The van der Waals surface area contributed by atoms with Crippen molar-refractivity contribution in [1.82, 2.24) is 19.9 Å². The minimum absolute atomic E-state index is 0.197. The summed E-state index contributed by atoms with van der Waals surface area (Å²) in [6, 6.07) is 5.73. The highest BCUT2D eigenvalue weighted by Gasteiger charge is 2.21. The number of nitrogens with one attached hydrogen (secondary N) is 3. The number of H-pyrrole nitrogens is 2. The van der Waals surface area contributed by atoms with Gasteiger partial charge in [0.25, 0.3) is 0 Å². The van der Waals surface area contributed by atoms with Crippen molar-refractivity contribution in [2.45, 2.75) is 19.3 Å². The van der Waals surface area contributed by atoms with Gasteiger partial charge in [0.15, 0.2) is 0 Å². The first-order valence-corrected chi connectivity index (χ1v) is 8.34. The van der Waals surface area contributed by atoms with Gasteiger partial charge >= 0.3 is 5.69 Å². The van der Waals surface area contributed by atoms with E-state index >= 15 is 0 Å². The Kier molecular flexibility index (Phi) is 2.60. The fourth-order valence-corrected chi connectivity index (χ4v) is 4.50. The van der Waals surface area contributed by atoms with Gasteiger partial charge < -0.3 is 15.3 Å². The first-order chi connectivity index (χ1) is 11.3. The second kappa shape index (κ2) is 4.66. The van der Waals surface area contributed by atoms with Gasteiger partial charge in [0, 0.05) is 10.6 Å². The van der Waals surface area contributed by atoms with Gasteiger partial charge in [0.1, 0.15) is 17.0 Å². The van der Waals surface area contributed by atoms with E-state index in [1.165, 1.54) is 16.9 Å². The molecule has 3 N–H and O–H groups in total. The lowest BCUT2D eigenvalue weighted by molar-refractivity contribution is 0.917. The summed E-state index contributed by atoms with van der Waals surface area (Å²) < 4.78 is 0. The zero-order valence-electron chi connectivity index (χ0n) is 12.1. The van der Waals surface area contributed by atoms with Gasteiger partial charge in [-0.2, -0.15) is 0 Å². The predicted molar refractivity (Wildman–Crippen MR) is 91.6 cm³/mol. The fraction of sp³-hybridized carbons (Fsp3) is 0.188. The highest BCUT2D eigenvalue weighted by Crippen LogP contribution is 2.39. The van der Waals surface area contributed by atoms with Gasteiger partial charge in [-0.15, -0.1) is 11.3 Å². The third-order valence-corrected chi connectivity index (χ3v) is 5.48. The van der Waals surface area contributed by atoms with Gasteiger partial charge in [-0.3, -0.25) is 0 Å². The lowest BCUT2D eigenvalue weighted by atomic mass is 10.2. The number of nitrogens with zero attached hydrogens (tertiary/aromatic N) is 2. The van der Waals surface area contributed by atoms with Crippen LogP contribution in [0, 0.1) is 0 Å². The van der Waals surface area contributed by atoms with E-state index in [0.29, 0.717) is 0 Å². The average molecular weight is 323 g/mol. The molecule has 0 saturated heterocycles. The SMILES string of the molecule is O=c1[nH]c2ccc(Nc3ncnc4sc5c(c34)CCC5)cc2[nH]1. The largest absolute Gasteiger partial charge is 0.340 e. The number of anilines is 2. The third kappa shape index (κ3) is 1.97. The van der Waals surface area contributed by atoms with E-state index in [0.717, 1.165) is 45.6 Å². The van der Waals surface area contributed by atoms with Crippen molar-refractivity contribution in [1.29, 1.82) is 0 Å². The van der Waals surface area contributed by atoms with E-state index in [4.69, 9.17) is 0 Å². The average Bonchev–Trinajstić information content (AvgIpc) is 3.19. The molecule has 114 valence electrons. The van der Waals surface area contributed by atoms with E-state index in [2.05, 4.69) is 25.3 Å². The smallest absolute Gasteiger partial charge is 0.323 e. The molecule has 0 aliphatic heterocycles. The molecular formula is C16H13N5OS. The standard InChI is InChI=1S/C16H13N5OS/c22-16-20-10-5-4-8(6-11(10)21-16)19-14-13-9-2-1-3-12(9)23-15(13)18-7-17-14/h4-7H,1-3H2,(H,17,18,19)(H2,20,21,22). The molecule has 1 aromatic carbocycles. The van der Waals surface area contributed by atoms with Crippen LogP contribution >= 0.6 is 11.3 Å². The summed E-state index contributed by atoms with van der Waals surface area (Å²) in [4.78, 5) is 28.2. The van der Waals surface area contributed by atoms with Crippen molar-refractivity contribution in [3.63, 3.8) is 0 Å². The van der Waals surface area contributed by atoms with E-state index in [9.17, 15) is 4.79 Å². The van der Waals surface area contributed by atoms with Crippen molar-refractivity contribution < 1.29 is 0 Å². The molecular weight excluding hydrogens is 310 g/mol. The molecule has 4 aromatic rings. The first kappa shape index (κ1) is 12.8. The van der Waals surface area contributed by atoms with Gasteiger partial charge in [-0.05, 0) is 43.0 Å². The van der Waals surface area contributed by atoms with Gasteiger partial charge in [-0.1, -0.05) is 0 Å². The zero-order valence-corrected chi connectivity index (χ0v) is 13.0. The highest BCUT2D eigenvalue weighted by molar-refractivity contribution is 7.19. The molecule has 1 aliphatic carbocycles. The van der Waals surface area contributed by atoms with Gasteiger partial charge in [0.05, 0.1) is 16.4 Å². The molecule has 3 heterocycles. The molecule has 0 amide bonds. The van der Waals surface area contributed by atoms with Crippen LogP contribution in [0.1, 0.15) is 16.9 Å². The van der Waals surface area contributed by atoms with Crippen molar-refractivity contribution in [2.24, 2.45) is 0 Å². The number of thiophene rings is 1. The highest BCUT2D eigenvalue weighted by atomic mass is 32.1. The van der Waals surface area contributed by atoms with Crippen LogP contribution in [0.2, 0.25) is 0 Å². The van der Waals surface area contributed by atoms with Crippen LogP contribution < -0.4 is 11.0 Å². The van der Waals surface area contributed by atoms with Crippen molar-refractivity contribution in [3.8, 4) is 0 Å². The van der Waals surface area contributed by atoms with E-state index in [-0.39, 0.29) is 5.69 Å². The Labute approximate surface area is 134 Å². The topological polar surface area (TPSA) is 86.5 Å². The second-order valence-electron chi connectivity index (χ2n) is 5.72. The summed E-state index contributed by atoms with van der Waals surface area (Å²) in [5.41, 5.74) is 3.66. The van der Waals surface area contributed by atoms with Crippen molar-refractivity contribution >= 4 is 44.1 Å². The summed E-state index contributed by atoms with van der Waals surface area (Å²) in [7, 11) is 0. The van der Waals surface area contributed by atoms with Crippen LogP contribution in [0.25, 0.3) is 21.3 Å². The maximum absolute atomic E-state index is 11.4. The van der Waals surface area contributed by atoms with Crippen LogP contribution in [0.3, 0.4) is 0 Å². The first-order valence-electron chi connectivity index (χ1n) is 7.52. The van der Waals surface area contributed by atoms with Gasteiger partial charge in [0.2, 0.25) is 0 Å². The number of aromatic nitrogens is 4. The van der Waals surface area contributed by atoms with Crippen LogP contribution in [0.5, 0.6) is 0 Å². The molecule has 0 radical (unpaired) electrons. The number of hydrogen-bond acceptors (Lipinski definition) is 5. The Balaban J connectivity index is 1.63. The number of benzene rings is 1. The van der Waals surface area contributed by atoms with Crippen molar-refractivity contribution in [3.05, 3.63) is 45.5 Å². The number of aryl methyl sites for hydroxylation is 2. The molecule has 3 aromatic heterocycles. The quantitative estimate of drug-likeness (QED) is 0.529. The van der Waals surface area contributed by atoms with Crippen molar-refractivity contribution in [2.75, 3.05) is 5.32 Å². The number of aromatic amines is 2. The molecule has 1 aliphatic rings. The molecule has 0 saturated carbocycles. The number of rotatable bonds is 2. The molecule has 5 rings (SSSR count). The van der Waals surface area contributed by atoms with E-state index < -0.39 is 0 Å². The molecule has 0 spiro atoms. The number of imidazole rings is 1. The predicted octanol–water partition coefficient (Wildman–Crippen LogP) is 3.09. The molecule has 23 heavy (non-hydrogen) atoms. The molecule has 0 atom stereocenters. The summed E-state index contributed by atoms with van der Waals surface area (Å²) in [6.07, 6.45) is 5.06. The Morgan fingerprint density at radius 1 is 1.13 bits per heavy atom. The lowest BCUT2D eigenvalue weighted by Crippen LogP contribution is -1.99. The molecule has 7 heteroatoms. The maximum Gasteiger partial charge on any atom is 0.323 e. The fourth-order valence-electron chi connectivity index (χ4n) is 3.27. The number of fused-ring (bicyclic) bond motifs is 4. The Morgan fingerprint density at radius 3 is 3.00 bits per heavy atom. The van der Waals surface area contributed by atoms with E-state index in [1.54, 1.807) is 17.7 Å². The van der Waals surface area contributed by atoms with Crippen LogP contribution in [-0.2, 0) is 12.8 Å².